The Morgan fingerprint density at radius 1 is 1.29 bits per heavy atom. The molecule has 0 aliphatic heterocycles. The molecule has 0 unspecified atom stereocenters. The molecule has 0 atom stereocenters. The van der Waals surface area contributed by atoms with Crippen LogP contribution in [0.2, 0.25) is 0 Å². The van der Waals surface area contributed by atoms with Crippen molar-refractivity contribution in [2.75, 3.05) is 0 Å². The van der Waals surface area contributed by atoms with Gasteiger partial charge in [0.25, 0.3) is 0 Å². The number of rotatable bonds is 4. The molecule has 0 fully saturated rings. The number of aryl methyl sites for hydroxylation is 1. The molecule has 2 aromatic heterocycles. The molecule has 0 radical (unpaired) electrons. The van der Waals surface area contributed by atoms with E-state index in [9.17, 15) is 0 Å². The minimum atomic E-state index is -0.110. The third-order valence-electron chi connectivity index (χ3n) is 2.65. The molecule has 2 aromatic rings. The van der Waals surface area contributed by atoms with E-state index in [0.29, 0.717) is 0 Å². The SMILES string of the molecule is Cc1ccc(CNC(C)(C)c2nccs2)nc1. The van der Waals surface area contributed by atoms with E-state index in [2.05, 4.69) is 41.3 Å². The van der Waals surface area contributed by atoms with Crippen molar-refractivity contribution in [1.82, 2.24) is 15.3 Å². The molecule has 90 valence electrons. The smallest absolute Gasteiger partial charge is 0.112 e. The average Bonchev–Trinajstić information content (AvgIpc) is 2.82. The van der Waals surface area contributed by atoms with Crippen molar-refractivity contribution in [2.24, 2.45) is 0 Å². The summed E-state index contributed by atoms with van der Waals surface area (Å²) in [5, 5.41) is 6.59. The Kier molecular flexibility index (Phi) is 3.54. The number of hydrogen-bond donors (Lipinski definition) is 1. The van der Waals surface area contributed by atoms with Gasteiger partial charge in [-0.25, -0.2) is 4.98 Å². The van der Waals surface area contributed by atoms with Gasteiger partial charge >= 0.3 is 0 Å². The van der Waals surface area contributed by atoms with Crippen LogP contribution < -0.4 is 5.32 Å². The minimum Gasteiger partial charge on any atom is -0.300 e. The average molecular weight is 247 g/mol. The Bertz CT molecular complexity index is 460. The number of hydrogen-bond acceptors (Lipinski definition) is 4. The maximum absolute atomic E-state index is 4.38. The first-order valence-electron chi connectivity index (χ1n) is 5.64. The molecule has 0 amide bonds. The number of nitrogens with one attached hydrogen (secondary N) is 1. The summed E-state index contributed by atoms with van der Waals surface area (Å²) in [6, 6.07) is 4.14. The van der Waals surface area contributed by atoms with Gasteiger partial charge in [0.2, 0.25) is 0 Å². The highest BCUT2D eigenvalue weighted by atomic mass is 32.1. The molecule has 0 bridgehead atoms. The third-order valence-corrected chi connectivity index (χ3v) is 3.75. The van der Waals surface area contributed by atoms with E-state index in [1.54, 1.807) is 11.3 Å². The Morgan fingerprint density at radius 2 is 2.12 bits per heavy atom. The van der Waals surface area contributed by atoms with Gasteiger partial charge in [-0.15, -0.1) is 11.3 Å². The second-order valence-corrected chi connectivity index (χ2v) is 5.54. The van der Waals surface area contributed by atoms with Crippen LogP contribution in [0.1, 0.15) is 30.1 Å². The van der Waals surface area contributed by atoms with Crippen LogP contribution in [0.3, 0.4) is 0 Å². The summed E-state index contributed by atoms with van der Waals surface area (Å²) in [6.45, 7) is 7.08. The van der Waals surface area contributed by atoms with E-state index >= 15 is 0 Å². The number of pyridine rings is 1. The van der Waals surface area contributed by atoms with Gasteiger partial charge < -0.3 is 5.32 Å². The summed E-state index contributed by atoms with van der Waals surface area (Å²) in [5.41, 5.74) is 2.13. The van der Waals surface area contributed by atoms with E-state index in [4.69, 9.17) is 0 Å². The van der Waals surface area contributed by atoms with Gasteiger partial charge in [0.05, 0.1) is 11.2 Å². The summed E-state index contributed by atoms with van der Waals surface area (Å²) < 4.78 is 0. The fourth-order valence-electron chi connectivity index (χ4n) is 1.52. The minimum absolute atomic E-state index is 0.110. The molecule has 17 heavy (non-hydrogen) atoms. The molecular formula is C13H17N3S. The fourth-order valence-corrected chi connectivity index (χ4v) is 2.26. The van der Waals surface area contributed by atoms with Gasteiger partial charge in [-0.3, -0.25) is 4.98 Å². The van der Waals surface area contributed by atoms with Crippen molar-refractivity contribution >= 4 is 11.3 Å². The Hall–Kier alpha value is -1.26. The molecule has 0 aliphatic rings. The lowest BCUT2D eigenvalue weighted by Gasteiger charge is -2.23. The number of nitrogens with zero attached hydrogens (tertiary/aromatic N) is 2. The van der Waals surface area contributed by atoms with Gasteiger partial charge in [-0.05, 0) is 32.4 Å². The van der Waals surface area contributed by atoms with Crippen LogP contribution in [-0.2, 0) is 12.1 Å². The lowest BCUT2D eigenvalue weighted by molar-refractivity contribution is 0.396. The molecule has 3 nitrogen and oxygen atoms in total. The summed E-state index contributed by atoms with van der Waals surface area (Å²) in [6.07, 6.45) is 3.74. The van der Waals surface area contributed by atoms with E-state index in [1.807, 2.05) is 24.7 Å². The summed E-state index contributed by atoms with van der Waals surface area (Å²) in [4.78, 5) is 8.73. The Labute approximate surface area is 106 Å². The van der Waals surface area contributed by atoms with E-state index < -0.39 is 0 Å². The van der Waals surface area contributed by atoms with Gasteiger partial charge in [-0.1, -0.05) is 6.07 Å². The van der Waals surface area contributed by atoms with Crippen LogP contribution in [0.15, 0.2) is 29.9 Å². The van der Waals surface area contributed by atoms with Crippen LogP contribution in [0.25, 0.3) is 0 Å². The van der Waals surface area contributed by atoms with Crippen LogP contribution in [0, 0.1) is 6.92 Å². The maximum Gasteiger partial charge on any atom is 0.112 e. The second kappa shape index (κ2) is 4.94. The first kappa shape index (κ1) is 12.2. The third kappa shape index (κ3) is 3.11. The Balaban J connectivity index is 2.00. The van der Waals surface area contributed by atoms with Crippen molar-refractivity contribution in [3.05, 3.63) is 46.2 Å². The summed E-state index contributed by atoms with van der Waals surface area (Å²) >= 11 is 1.67. The van der Waals surface area contributed by atoms with E-state index in [-0.39, 0.29) is 5.54 Å². The van der Waals surface area contributed by atoms with Gasteiger partial charge in [0, 0.05) is 24.3 Å². The normalized spacial score (nSPS) is 11.7. The number of thiazole rings is 1. The molecule has 0 spiro atoms. The quantitative estimate of drug-likeness (QED) is 0.902. The van der Waals surface area contributed by atoms with Crippen LogP contribution in [0.4, 0.5) is 0 Å². The highest BCUT2D eigenvalue weighted by Gasteiger charge is 2.22. The molecule has 4 heteroatoms. The van der Waals surface area contributed by atoms with Crippen LogP contribution in [0.5, 0.6) is 0 Å². The van der Waals surface area contributed by atoms with Crippen molar-refractivity contribution in [2.45, 2.75) is 32.9 Å². The zero-order chi connectivity index (χ0) is 12.3. The molecule has 0 saturated heterocycles. The first-order valence-corrected chi connectivity index (χ1v) is 6.52. The monoisotopic (exact) mass is 247 g/mol. The first-order chi connectivity index (χ1) is 8.08. The lowest BCUT2D eigenvalue weighted by atomic mass is 10.1. The number of aromatic nitrogens is 2. The van der Waals surface area contributed by atoms with Crippen molar-refractivity contribution in [1.29, 1.82) is 0 Å². The van der Waals surface area contributed by atoms with Crippen molar-refractivity contribution in [3.63, 3.8) is 0 Å². The predicted molar refractivity (Wildman–Crippen MR) is 71.0 cm³/mol. The van der Waals surface area contributed by atoms with Gasteiger partial charge in [0.15, 0.2) is 0 Å². The molecule has 2 heterocycles. The fraction of sp³-hybridized carbons (Fsp3) is 0.385. The standard InChI is InChI=1S/C13H17N3S/c1-10-4-5-11(15-8-10)9-16-13(2,3)12-14-6-7-17-12/h4-8,16H,9H2,1-3H3. The topological polar surface area (TPSA) is 37.8 Å². The zero-order valence-electron chi connectivity index (χ0n) is 10.4. The van der Waals surface area contributed by atoms with E-state index in [1.165, 1.54) is 5.56 Å². The Morgan fingerprint density at radius 3 is 2.71 bits per heavy atom. The van der Waals surface area contributed by atoms with Crippen molar-refractivity contribution in [3.8, 4) is 0 Å². The van der Waals surface area contributed by atoms with Crippen LogP contribution in [-0.4, -0.2) is 9.97 Å². The van der Waals surface area contributed by atoms with Gasteiger partial charge in [0.1, 0.15) is 5.01 Å². The molecule has 0 saturated carbocycles. The molecule has 2 rings (SSSR count). The maximum atomic E-state index is 4.38. The molecule has 1 N–H and O–H groups in total. The summed E-state index contributed by atoms with van der Waals surface area (Å²) in [7, 11) is 0. The van der Waals surface area contributed by atoms with Gasteiger partial charge in [-0.2, -0.15) is 0 Å². The van der Waals surface area contributed by atoms with Crippen LogP contribution >= 0.6 is 11.3 Å². The van der Waals surface area contributed by atoms with E-state index in [0.717, 1.165) is 17.2 Å². The predicted octanol–water partition coefficient (Wildman–Crippen LogP) is 2.87. The zero-order valence-corrected chi connectivity index (χ0v) is 11.2. The highest BCUT2D eigenvalue weighted by molar-refractivity contribution is 7.09. The largest absolute Gasteiger partial charge is 0.300 e. The molecule has 0 aromatic carbocycles. The molecular weight excluding hydrogens is 230 g/mol. The second-order valence-electron chi connectivity index (χ2n) is 4.64. The summed E-state index contributed by atoms with van der Waals surface area (Å²) in [5.74, 6) is 0. The lowest BCUT2D eigenvalue weighted by Crippen LogP contribution is -2.36. The molecule has 0 aliphatic carbocycles. The van der Waals surface area contributed by atoms with Crippen molar-refractivity contribution < 1.29 is 0 Å². The highest BCUT2D eigenvalue weighted by Crippen LogP contribution is 2.22.